The molecule has 2 saturated heterocycles. The van der Waals surface area contributed by atoms with Gasteiger partial charge < -0.3 is 19.9 Å². The van der Waals surface area contributed by atoms with Gasteiger partial charge in [-0.2, -0.15) is 0 Å². The fourth-order valence-electron chi connectivity index (χ4n) is 3.74. The van der Waals surface area contributed by atoms with E-state index in [-0.39, 0.29) is 11.5 Å². The summed E-state index contributed by atoms with van der Waals surface area (Å²) in [6.07, 6.45) is 1.76. The third kappa shape index (κ3) is 4.42. The van der Waals surface area contributed by atoms with Crippen molar-refractivity contribution in [2.75, 3.05) is 42.7 Å². The van der Waals surface area contributed by atoms with Crippen LogP contribution in [-0.2, 0) is 4.74 Å². The van der Waals surface area contributed by atoms with Gasteiger partial charge in [0.15, 0.2) is 5.16 Å². The van der Waals surface area contributed by atoms with Crippen LogP contribution < -0.4 is 10.2 Å². The molecule has 0 atom stereocenters. The first-order valence-corrected chi connectivity index (χ1v) is 11.0. The Morgan fingerprint density at radius 1 is 1.14 bits per heavy atom. The summed E-state index contributed by atoms with van der Waals surface area (Å²) in [6.45, 7) is 8.95. The van der Waals surface area contributed by atoms with E-state index < -0.39 is 5.60 Å². The van der Waals surface area contributed by atoms with E-state index in [0.717, 1.165) is 48.7 Å². The number of hydrogen-bond donors (Lipinski definition) is 1. The van der Waals surface area contributed by atoms with Crippen LogP contribution in [0.4, 0.5) is 22.1 Å². The van der Waals surface area contributed by atoms with Crippen LogP contribution in [0.5, 0.6) is 0 Å². The molecule has 154 valence electrons. The molecular weight excluding hydrogens is 386 g/mol. The molecule has 29 heavy (non-hydrogen) atoms. The molecule has 2 aliphatic rings. The molecule has 8 heteroatoms. The van der Waals surface area contributed by atoms with E-state index in [2.05, 4.69) is 20.2 Å². The summed E-state index contributed by atoms with van der Waals surface area (Å²) in [5.41, 5.74) is 0.702. The lowest BCUT2D eigenvalue weighted by molar-refractivity contribution is -0.0455. The third-order valence-corrected chi connectivity index (χ3v) is 5.55. The number of carbonyl (C=O) groups excluding carboxylic acids is 1. The second-order valence-corrected chi connectivity index (χ2v) is 9.55. The number of nitrogens with zero attached hydrogens (tertiary/aromatic N) is 4. The van der Waals surface area contributed by atoms with Crippen molar-refractivity contribution in [1.29, 1.82) is 0 Å². The number of rotatable bonds is 4. The Morgan fingerprint density at radius 3 is 2.45 bits per heavy atom. The monoisotopic (exact) mass is 413 g/mol. The Morgan fingerprint density at radius 2 is 1.83 bits per heavy atom. The highest BCUT2D eigenvalue weighted by molar-refractivity contribution is 7.98. The van der Waals surface area contributed by atoms with E-state index in [1.165, 1.54) is 11.8 Å². The van der Waals surface area contributed by atoms with Crippen LogP contribution in [0.2, 0.25) is 0 Å². The number of likely N-dealkylation sites (tertiary alicyclic amines) is 1. The zero-order valence-corrected chi connectivity index (χ0v) is 18.1. The lowest BCUT2D eigenvalue weighted by atomic mass is 9.73. The molecule has 0 aliphatic carbocycles. The molecule has 0 radical (unpaired) electrons. The maximum Gasteiger partial charge on any atom is 0.410 e. The summed E-state index contributed by atoms with van der Waals surface area (Å²) in [5.74, 6) is 1.71. The summed E-state index contributed by atoms with van der Waals surface area (Å²) in [5, 5.41) is 4.10. The molecule has 4 rings (SSSR count). The maximum atomic E-state index is 12.2. The summed E-state index contributed by atoms with van der Waals surface area (Å²) >= 11 is 1.53. The highest BCUT2D eigenvalue weighted by Gasteiger charge is 2.54. The largest absolute Gasteiger partial charge is 0.444 e. The van der Waals surface area contributed by atoms with Crippen molar-refractivity contribution in [3.05, 3.63) is 36.4 Å². The van der Waals surface area contributed by atoms with Crippen LogP contribution in [-0.4, -0.2) is 59.0 Å². The van der Waals surface area contributed by atoms with Crippen LogP contribution in [0.25, 0.3) is 0 Å². The molecule has 1 amide bonds. The molecule has 7 nitrogen and oxygen atoms in total. The Kier molecular flexibility index (Phi) is 5.06. The zero-order valence-electron chi connectivity index (χ0n) is 17.3. The summed E-state index contributed by atoms with van der Waals surface area (Å²) in [4.78, 5) is 25.5. The van der Waals surface area contributed by atoms with E-state index in [9.17, 15) is 4.79 Å². The highest BCUT2D eigenvalue weighted by atomic mass is 32.2. The lowest BCUT2D eigenvalue weighted by Gasteiger charge is -2.60. The first kappa shape index (κ1) is 19.8. The van der Waals surface area contributed by atoms with E-state index in [1.54, 1.807) is 4.90 Å². The minimum atomic E-state index is -0.456. The van der Waals surface area contributed by atoms with E-state index in [0.29, 0.717) is 0 Å². The molecule has 0 bridgehead atoms. The van der Waals surface area contributed by atoms with Crippen molar-refractivity contribution >= 4 is 35.2 Å². The van der Waals surface area contributed by atoms with Gasteiger partial charge in [-0.3, -0.25) is 0 Å². The average molecular weight is 414 g/mol. The predicted octanol–water partition coefficient (Wildman–Crippen LogP) is 4.00. The van der Waals surface area contributed by atoms with Crippen LogP contribution in [0.1, 0.15) is 20.8 Å². The molecule has 0 unspecified atom stereocenters. The van der Waals surface area contributed by atoms with Gasteiger partial charge in [-0.25, -0.2) is 14.8 Å². The number of ether oxygens (including phenoxy) is 1. The molecular formula is C21H27N5O2S. The minimum Gasteiger partial charge on any atom is -0.444 e. The zero-order chi connectivity index (χ0) is 20.6. The van der Waals surface area contributed by atoms with Crippen molar-refractivity contribution in [2.45, 2.75) is 31.5 Å². The quantitative estimate of drug-likeness (QED) is 0.600. The van der Waals surface area contributed by atoms with E-state index >= 15 is 0 Å². The predicted molar refractivity (Wildman–Crippen MR) is 116 cm³/mol. The first-order valence-electron chi connectivity index (χ1n) is 9.73. The standard InChI is InChI=1S/C21H27N5O2S/c1-20(2,3)28-19(27)26-13-21(14-26)11-25(12-21)17-10-16(23-18(24-17)29-4)22-15-8-6-5-7-9-15/h5-10H,11-14H2,1-4H3,(H,22,23,24). The second-order valence-electron chi connectivity index (χ2n) is 8.78. The van der Waals surface area contributed by atoms with Gasteiger partial charge in [-0.05, 0) is 39.2 Å². The van der Waals surface area contributed by atoms with Crippen molar-refractivity contribution in [2.24, 2.45) is 5.41 Å². The fraction of sp³-hybridized carbons (Fsp3) is 0.476. The molecule has 0 saturated carbocycles. The number of para-hydroxylation sites is 1. The third-order valence-electron chi connectivity index (χ3n) is 5.00. The van der Waals surface area contributed by atoms with Gasteiger partial charge in [0.05, 0.1) is 0 Å². The molecule has 2 aromatic rings. The summed E-state index contributed by atoms with van der Waals surface area (Å²) in [7, 11) is 0. The second kappa shape index (κ2) is 7.40. The smallest absolute Gasteiger partial charge is 0.410 e. The van der Waals surface area contributed by atoms with Gasteiger partial charge in [0.25, 0.3) is 0 Å². The van der Waals surface area contributed by atoms with Crippen molar-refractivity contribution < 1.29 is 9.53 Å². The van der Waals surface area contributed by atoms with Crippen LogP contribution in [0, 0.1) is 5.41 Å². The molecule has 1 aromatic heterocycles. The van der Waals surface area contributed by atoms with Crippen LogP contribution >= 0.6 is 11.8 Å². The first-order chi connectivity index (χ1) is 13.8. The lowest BCUT2D eigenvalue weighted by Crippen LogP contribution is -2.73. The van der Waals surface area contributed by atoms with Gasteiger partial charge in [0.1, 0.15) is 17.2 Å². The van der Waals surface area contributed by atoms with Gasteiger partial charge >= 0.3 is 6.09 Å². The van der Waals surface area contributed by atoms with E-state index in [4.69, 9.17) is 4.74 Å². The molecule has 1 spiro atoms. The highest BCUT2D eigenvalue weighted by Crippen LogP contribution is 2.42. The fourth-order valence-corrected chi connectivity index (χ4v) is 4.12. The maximum absolute atomic E-state index is 12.2. The average Bonchev–Trinajstić information content (AvgIpc) is 2.58. The van der Waals surface area contributed by atoms with Crippen molar-refractivity contribution in [1.82, 2.24) is 14.9 Å². The van der Waals surface area contributed by atoms with Gasteiger partial charge in [-0.1, -0.05) is 30.0 Å². The normalized spacial score (nSPS) is 17.5. The summed E-state index contributed by atoms with van der Waals surface area (Å²) in [6, 6.07) is 12.0. The SMILES string of the molecule is CSc1nc(Nc2ccccc2)cc(N2CC3(CN(C(=O)OC(C)(C)C)C3)C2)n1. The Balaban J connectivity index is 1.38. The number of thioether (sulfide) groups is 1. The molecule has 1 N–H and O–H groups in total. The van der Waals surface area contributed by atoms with Crippen molar-refractivity contribution in [3.63, 3.8) is 0 Å². The molecule has 2 fully saturated rings. The van der Waals surface area contributed by atoms with Crippen LogP contribution in [0.15, 0.2) is 41.6 Å². The number of benzene rings is 1. The number of anilines is 3. The van der Waals surface area contributed by atoms with Crippen LogP contribution in [0.3, 0.4) is 0 Å². The Bertz CT molecular complexity index is 886. The summed E-state index contributed by atoms with van der Waals surface area (Å²) < 4.78 is 5.46. The Hall–Kier alpha value is -2.48. The number of nitrogens with one attached hydrogen (secondary N) is 1. The Labute approximate surface area is 175 Å². The molecule has 2 aliphatic heterocycles. The van der Waals surface area contributed by atoms with Gasteiger partial charge in [0.2, 0.25) is 0 Å². The topological polar surface area (TPSA) is 70.6 Å². The number of hydrogen-bond acceptors (Lipinski definition) is 7. The number of aromatic nitrogens is 2. The molecule has 1 aromatic carbocycles. The van der Waals surface area contributed by atoms with Gasteiger partial charge in [0, 0.05) is 43.3 Å². The van der Waals surface area contributed by atoms with Crippen molar-refractivity contribution in [3.8, 4) is 0 Å². The van der Waals surface area contributed by atoms with E-state index in [1.807, 2.05) is 63.4 Å². The number of amides is 1. The minimum absolute atomic E-state index is 0.161. The molecule has 3 heterocycles. The number of carbonyl (C=O) groups is 1. The van der Waals surface area contributed by atoms with Gasteiger partial charge in [-0.15, -0.1) is 0 Å².